The maximum Gasteiger partial charge on any atom is 0.121 e. The van der Waals surface area contributed by atoms with E-state index >= 15 is 0 Å². The Kier molecular flexibility index (Phi) is 6.94. The lowest BCUT2D eigenvalue weighted by molar-refractivity contribution is 0.362. The fraction of sp³-hybridized carbons (Fsp3) is 0.375. The van der Waals surface area contributed by atoms with Crippen molar-refractivity contribution >= 4 is 40.4 Å². The van der Waals surface area contributed by atoms with Crippen LogP contribution in [0, 0.1) is 5.92 Å². The summed E-state index contributed by atoms with van der Waals surface area (Å²) >= 11 is 17.4. The average Bonchev–Trinajstić information content (AvgIpc) is 2.36. The van der Waals surface area contributed by atoms with Gasteiger partial charge in [-0.15, -0.1) is 0 Å². The van der Waals surface area contributed by atoms with Gasteiger partial charge in [0.05, 0.1) is 0 Å². The summed E-state index contributed by atoms with van der Waals surface area (Å²) in [7, 11) is 0. The molecule has 110 valence electrons. The molecule has 1 aromatic rings. The molecule has 1 aromatic carbocycles. The van der Waals surface area contributed by atoms with Gasteiger partial charge in [-0.1, -0.05) is 62.2 Å². The Morgan fingerprint density at radius 3 is 2.50 bits per heavy atom. The van der Waals surface area contributed by atoms with Crippen LogP contribution < -0.4 is 4.74 Å². The van der Waals surface area contributed by atoms with Gasteiger partial charge in [0.25, 0.3) is 0 Å². The van der Waals surface area contributed by atoms with Gasteiger partial charge in [0, 0.05) is 5.02 Å². The molecule has 0 heterocycles. The van der Waals surface area contributed by atoms with Crippen LogP contribution in [0.4, 0.5) is 0 Å². The first kappa shape index (κ1) is 17.4. The van der Waals surface area contributed by atoms with Crippen LogP contribution in [0.25, 0.3) is 5.57 Å². The maximum atomic E-state index is 6.34. The molecule has 0 aromatic heterocycles. The van der Waals surface area contributed by atoms with Crippen LogP contribution >= 0.6 is 34.8 Å². The molecule has 0 N–H and O–H groups in total. The normalized spacial score (nSPS) is 10.6. The summed E-state index contributed by atoms with van der Waals surface area (Å²) in [6.07, 6.45) is 2.44. The minimum Gasteiger partial charge on any atom is -0.489 e. The van der Waals surface area contributed by atoms with Crippen LogP contribution in [0.1, 0.15) is 31.9 Å². The number of hydrogen-bond acceptors (Lipinski definition) is 1. The molecule has 0 spiro atoms. The van der Waals surface area contributed by atoms with Crippen molar-refractivity contribution in [2.24, 2.45) is 5.92 Å². The second-order valence-corrected chi connectivity index (χ2v) is 6.18. The molecule has 0 amide bonds. The summed E-state index contributed by atoms with van der Waals surface area (Å²) in [6, 6.07) is 3.79. The zero-order valence-electron chi connectivity index (χ0n) is 12.0. The Balaban J connectivity index is 3.11. The number of benzene rings is 1. The smallest absolute Gasteiger partial charge is 0.121 e. The number of allylic oxidation sites excluding steroid dienone is 1. The van der Waals surface area contributed by atoms with Crippen LogP contribution in [0.3, 0.4) is 0 Å². The van der Waals surface area contributed by atoms with Crippen molar-refractivity contribution in [1.29, 1.82) is 0 Å². The molecule has 1 nitrogen and oxygen atoms in total. The van der Waals surface area contributed by atoms with Crippen LogP contribution in [-0.4, -0.2) is 6.61 Å². The lowest BCUT2D eigenvalue weighted by Crippen LogP contribution is -2.01. The molecular weight excluding hydrogens is 315 g/mol. The first-order valence-electron chi connectivity index (χ1n) is 6.52. The minimum absolute atomic E-state index is 0.188. The fourth-order valence-electron chi connectivity index (χ4n) is 1.85. The van der Waals surface area contributed by atoms with Crippen LogP contribution in [0.5, 0.6) is 5.75 Å². The third-order valence-corrected chi connectivity index (χ3v) is 3.70. The van der Waals surface area contributed by atoms with Crippen molar-refractivity contribution < 1.29 is 4.74 Å². The number of ether oxygens (including phenoxy) is 1. The summed E-state index contributed by atoms with van der Waals surface area (Å²) < 4.78 is 5.78. The van der Waals surface area contributed by atoms with Gasteiger partial charge in [0.1, 0.15) is 16.8 Å². The predicted octanol–water partition coefficient (Wildman–Crippen LogP) is 6.27. The molecule has 0 atom stereocenters. The highest BCUT2D eigenvalue weighted by molar-refractivity contribution is 6.55. The topological polar surface area (TPSA) is 9.23 Å². The predicted molar refractivity (Wildman–Crippen MR) is 90.0 cm³/mol. The SMILES string of the molecule is C=C(c1cc(OCC=C(Cl)Cl)cc(Cl)c1CC)C(C)C. The van der Waals surface area contributed by atoms with Gasteiger partial charge >= 0.3 is 0 Å². The molecule has 0 aliphatic rings. The van der Waals surface area contributed by atoms with Gasteiger partial charge in [-0.05, 0) is 47.2 Å². The molecule has 0 saturated carbocycles. The molecule has 0 bridgehead atoms. The van der Waals surface area contributed by atoms with Gasteiger partial charge in [-0.25, -0.2) is 0 Å². The number of hydrogen-bond donors (Lipinski definition) is 0. The summed E-state index contributed by atoms with van der Waals surface area (Å²) in [5, 5.41) is 0.697. The second kappa shape index (κ2) is 7.97. The van der Waals surface area contributed by atoms with Gasteiger partial charge in [-0.3, -0.25) is 0 Å². The third kappa shape index (κ3) is 4.73. The molecule has 4 heteroatoms. The van der Waals surface area contributed by atoms with Crippen molar-refractivity contribution in [3.63, 3.8) is 0 Å². The van der Waals surface area contributed by atoms with E-state index in [-0.39, 0.29) is 4.49 Å². The van der Waals surface area contributed by atoms with E-state index in [4.69, 9.17) is 39.5 Å². The van der Waals surface area contributed by atoms with Gasteiger partial charge in [0.2, 0.25) is 0 Å². The van der Waals surface area contributed by atoms with Crippen molar-refractivity contribution in [1.82, 2.24) is 0 Å². The highest BCUT2D eigenvalue weighted by Crippen LogP contribution is 2.33. The van der Waals surface area contributed by atoms with Crippen molar-refractivity contribution in [2.45, 2.75) is 27.2 Å². The van der Waals surface area contributed by atoms with E-state index in [1.54, 1.807) is 6.08 Å². The molecule has 0 aliphatic heterocycles. The van der Waals surface area contributed by atoms with E-state index in [2.05, 4.69) is 27.4 Å². The first-order chi connectivity index (χ1) is 9.36. The Morgan fingerprint density at radius 1 is 1.35 bits per heavy atom. The largest absolute Gasteiger partial charge is 0.489 e. The van der Waals surface area contributed by atoms with Gasteiger partial charge in [-0.2, -0.15) is 0 Å². The van der Waals surface area contributed by atoms with Crippen LogP contribution in [-0.2, 0) is 6.42 Å². The van der Waals surface area contributed by atoms with E-state index in [9.17, 15) is 0 Å². The fourth-order valence-corrected chi connectivity index (χ4v) is 2.32. The zero-order valence-corrected chi connectivity index (χ0v) is 14.2. The Bertz CT molecular complexity index is 515. The summed E-state index contributed by atoms with van der Waals surface area (Å²) in [6.45, 7) is 10.8. The Morgan fingerprint density at radius 2 is 2.00 bits per heavy atom. The Labute approximate surface area is 136 Å². The number of halogens is 3. The van der Waals surface area contributed by atoms with E-state index in [0.29, 0.717) is 23.3 Å². The molecular formula is C16H19Cl3O. The monoisotopic (exact) mass is 332 g/mol. The highest BCUT2D eigenvalue weighted by atomic mass is 35.5. The van der Waals surface area contributed by atoms with Crippen molar-refractivity contribution in [3.05, 3.63) is 45.4 Å². The van der Waals surface area contributed by atoms with Crippen molar-refractivity contribution in [2.75, 3.05) is 6.61 Å². The second-order valence-electron chi connectivity index (χ2n) is 4.77. The lowest BCUT2D eigenvalue weighted by Gasteiger charge is -2.17. The molecule has 0 fully saturated rings. The van der Waals surface area contributed by atoms with Gasteiger partial charge < -0.3 is 4.74 Å². The van der Waals surface area contributed by atoms with Crippen LogP contribution in [0.15, 0.2) is 29.3 Å². The van der Waals surface area contributed by atoms with E-state index in [1.807, 2.05) is 12.1 Å². The van der Waals surface area contributed by atoms with Crippen molar-refractivity contribution in [3.8, 4) is 5.75 Å². The summed E-state index contributed by atoms with van der Waals surface area (Å²) in [4.78, 5) is 0. The molecule has 0 radical (unpaired) electrons. The quantitative estimate of drug-likeness (QED) is 0.596. The minimum atomic E-state index is 0.188. The van der Waals surface area contributed by atoms with E-state index < -0.39 is 0 Å². The first-order valence-corrected chi connectivity index (χ1v) is 7.65. The highest BCUT2D eigenvalue weighted by Gasteiger charge is 2.13. The van der Waals surface area contributed by atoms with Gasteiger partial charge in [0.15, 0.2) is 0 Å². The van der Waals surface area contributed by atoms with E-state index in [1.165, 1.54) is 0 Å². The van der Waals surface area contributed by atoms with E-state index in [0.717, 1.165) is 23.1 Å². The standard InChI is InChI=1S/C16H19Cl3O/c1-5-13-14(11(4)10(2)3)8-12(9-15(13)17)20-7-6-16(18)19/h6,8-10H,4-5,7H2,1-3H3. The molecule has 20 heavy (non-hydrogen) atoms. The molecule has 0 aliphatic carbocycles. The average molecular weight is 334 g/mol. The molecule has 0 unspecified atom stereocenters. The molecule has 0 saturated heterocycles. The third-order valence-electron chi connectivity index (χ3n) is 3.05. The maximum absolute atomic E-state index is 6.34. The Hall–Kier alpha value is -0.630. The lowest BCUT2D eigenvalue weighted by atomic mass is 9.92. The molecule has 1 rings (SSSR count). The number of rotatable bonds is 6. The zero-order chi connectivity index (χ0) is 15.3. The summed E-state index contributed by atoms with van der Waals surface area (Å²) in [5.74, 6) is 1.04. The summed E-state index contributed by atoms with van der Waals surface area (Å²) in [5.41, 5.74) is 3.22. The van der Waals surface area contributed by atoms with Crippen LogP contribution in [0.2, 0.25) is 5.02 Å².